The summed E-state index contributed by atoms with van der Waals surface area (Å²) in [5.74, 6) is -1.19. The molecule has 0 radical (unpaired) electrons. The Morgan fingerprint density at radius 3 is 2.62 bits per heavy atom. The minimum absolute atomic E-state index is 0.133. The number of rotatable bonds is 7. The van der Waals surface area contributed by atoms with Crippen LogP contribution in [-0.2, 0) is 11.3 Å². The van der Waals surface area contributed by atoms with E-state index in [0.29, 0.717) is 17.0 Å². The van der Waals surface area contributed by atoms with Crippen molar-refractivity contribution >= 4 is 12.2 Å². The van der Waals surface area contributed by atoms with Crippen molar-refractivity contribution < 1.29 is 31.9 Å². The minimum Gasteiger partial charge on any atom is -0.496 e. The van der Waals surface area contributed by atoms with Gasteiger partial charge in [0.25, 0.3) is 5.91 Å². The molecule has 0 aromatic heterocycles. The molecule has 32 heavy (non-hydrogen) atoms. The third-order valence-electron chi connectivity index (χ3n) is 4.85. The number of hydrogen-bond donors (Lipinski definition) is 3. The number of ether oxygens (including phenoxy) is 1. The zero-order valence-corrected chi connectivity index (χ0v) is 16.9. The summed E-state index contributed by atoms with van der Waals surface area (Å²) in [6, 6.07) is 9.40. The molecule has 0 spiro atoms. The maximum Gasteiger partial charge on any atom is 0.407 e. The lowest BCUT2D eigenvalue weighted by molar-refractivity contribution is -0.147. The van der Waals surface area contributed by atoms with E-state index in [9.17, 15) is 27.2 Å². The number of aldehydes is 1. The highest BCUT2D eigenvalue weighted by Gasteiger charge is 2.38. The number of methoxy groups -OCH3 is 1. The zero-order valence-electron chi connectivity index (χ0n) is 16.9. The number of halogens is 4. The molecule has 1 atom stereocenters. The van der Waals surface area contributed by atoms with E-state index in [1.165, 1.54) is 19.2 Å². The van der Waals surface area contributed by atoms with E-state index >= 15 is 0 Å². The molecule has 1 heterocycles. The number of nitrogens with one attached hydrogen (secondary N) is 2. The van der Waals surface area contributed by atoms with Gasteiger partial charge in [-0.2, -0.15) is 13.2 Å². The number of alkyl halides is 3. The maximum atomic E-state index is 14.7. The lowest BCUT2D eigenvalue weighted by Gasteiger charge is -2.23. The zero-order chi connectivity index (χ0) is 23.5. The molecular formula is C21H20F4N4O3. The SMILES string of the molecule is COc1ccccc1C(=O)NCc1ccc(C2NN(CC(F)(F)F)C(N)=C2C=O)cc1F. The van der Waals surface area contributed by atoms with Crippen molar-refractivity contribution in [3.8, 4) is 5.75 Å². The largest absolute Gasteiger partial charge is 0.496 e. The standard InChI is InChI=1S/C21H20F4N4O3/c1-32-17-5-3-2-4-14(17)20(31)27-9-13-7-6-12(8-16(13)22)18-15(10-30)19(26)29(28-18)11-21(23,24)25/h2-8,10,18,28H,9,11,26H2,1H3,(H,27,31). The van der Waals surface area contributed by atoms with Crippen LogP contribution in [0, 0.1) is 5.82 Å². The number of carbonyl (C=O) groups excluding carboxylic acids is 2. The maximum absolute atomic E-state index is 14.7. The average Bonchev–Trinajstić information content (AvgIpc) is 3.06. The molecule has 7 nitrogen and oxygen atoms in total. The summed E-state index contributed by atoms with van der Waals surface area (Å²) in [5.41, 5.74) is 8.63. The summed E-state index contributed by atoms with van der Waals surface area (Å²) in [5, 5.41) is 3.19. The quantitative estimate of drug-likeness (QED) is 0.442. The Bertz CT molecular complexity index is 1060. The van der Waals surface area contributed by atoms with Gasteiger partial charge < -0.3 is 15.8 Å². The van der Waals surface area contributed by atoms with Crippen LogP contribution >= 0.6 is 0 Å². The summed E-state index contributed by atoms with van der Waals surface area (Å²) in [4.78, 5) is 23.8. The number of hydrazine groups is 1. The molecule has 1 aliphatic heterocycles. The van der Waals surface area contributed by atoms with E-state index in [-0.39, 0.29) is 34.6 Å². The van der Waals surface area contributed by atoms with Gasteiger partial charge in [0.15, 0.2) is 6.29 Å². The number of nitrogens with two attached hydrogens (primary N) is 1. The van der Waals surface area contributed by atoms with Crippen molar-refractivity contribution in [1.29, 1.82) is 0 Å². The Labute approximate surface area is 180 Å². The molecule has 0 fully saturated rings. The first-order chi connectivity index (χ1) is 15.1. The van der Waals surface area contributed by atoms with Gasteiger partial charge in [-0.1, -0.05) is 24.3 Å². The van der Waals surface area contributed by atoms with Gasteiger partial charge in [-0.3, -0.25) is 14.6 Å². The van der Waals surface area contributed by atoms with E-state index in [2.05, 4.69) is 10.7 Å². The van der Waals surface area contributed by atoms with Crippen molar-refractivity contribution in [1.82, 2.24) is 15.8 Å². The third kappa shape index (κ3) is 4.99. The Morgan fingerprint density at radius 2 is 2.00 bits per heavy atom. The van der Waals surface area contributed by atoms with Crippen LogP contribution in [0.5, 0.6) is 5.75 Å². The van der Waals surface area contributed by atoms with Crippen molar-refractivity contribution in [2.45, 2.75) is 18.8 Å². The fourth-order valence-electron chi connectivity index (χ4n) is 3.28. The molecule has 1 unspecified atom stereocenters. The highest BCUT2D eigenvalue weighted by Crippen LogP contribution is 2.31. The van der Waals surface area contributed by atoms with Crippen LogP contribution in [0.15, 0.2) is 53.9 Å². The minimum atomic E-state index is -4.56. The van der Waals surface area contributed by atoms with Crippen LogP contribution < -0.4 is 21.2 Å². The number of para-hydroxylation sites is 1. The molecule has 3 rings (SSSR count). The highest BCUT2D eigenvalue weighted by atomic mass is 19.4. The second-order valence-corrected chi connectivity index (χ2v) is 6.96. The molecule has 0 bridgehead atoms. The number of carbonyl (C=O) groups is 2. The summed E-state index contributed by atoms with van der Waals surface area (Å²) < 4.78 is 58.0. The second-order valence-electron chi connectivity index (χ2n) is 6.96. The van der Waals surface area contributed by atoms with Gasteiger partial charge in [0.1, 0.15) is 23.9 Å². The van der Waals surface area contributed by atoms with Gasteiger partial charge in [-0.05, 0) is 23.8 Å². The summed E-state index contributed by atoms with van der Waals surface area (Å²) in [7, 11) is 1.42. The predicted molar refractivity (Wildman–Crippen MR) is 106 cm³/mol. The first kappa shape index (κ1) is 23.1. The molecule has 1 aliphatic rings. The average molecular weight is 452 g/mol. The molecular weight excluding hydrogens is 432 g/mol. The second kappa shape index (κ2) is 9.27. The molecule has 170 valence electrons. The monoisotopic (exact) mass is 452 g/mol. The van der Waals surface area contributed by atoms with Gasteiger partial charge in [0.05, 0.1) is 24.3 Å². The van der Waals surface area contributed by atoms with Crippen LogP contribution in [0.1, 0.15) is 27.5 Å². The molecule has 11 heteroatoms. The summed E-state index contributed by atoms with van der Waals surface area (Å²) >= 11 is 0. The van der Waals surface area contributed by atoms with Crippen LogP contribution in [0.3, 0.4) is 0 Å². The lowest BCUT2D eigenvalue weighted by atomic mass is 9.99. The van der Waals surface area contributed by atoms with Crippen LogP contribution in [-0.4, -0.2) is 37.0 Å². The highest BCUT2D eigenvalue weighted by molar-refractivity contribution is 5.96. The number of benzene rings is 2. The molecule has 1 amide bonds. The topological polar surface area (TPSA) is 96.7 Å². The van der Waals surface area contributed by atoms with E-state index < -0.39 is 30.5 Å². The third-order valence-corrected chi connectivity index (χ3v) is 4.85. The lowest BCUT2D eigenvalue weighted by Crippen LogP contribution is -2.42. The van der Waals surface area contributed by atoms with Gasteiger partial charge >= 0.3 is 6.18 Å². The number of nitrogens with zero attached hydrogens (tertiary/aromatic N) is 1. The van der Waals surface area contributed by atoms with E-state index in [0.717, 1.165) is 6.07 Å². The van der Waals surface area contributed by atoms with Crippen molar-refractivity contribution in [2.75, 3.05) is 13.7 Å². The van der Waals surface area contributed by atoms with Crippen LogP contribution in [0.4, 0.5) is 17.6 Å². The van der Waals surface area contributed by atoms with Crippen molar-refractivity contribution in [3.63, 3.8) is 0 Å². The smallest absolute Gasteiger partial charge is 0.407 e. The Morgan fingerprint density at radius 1 is 1.28 bits per heavy atom. The van der Waals surface area contributed by atoms with Gasteiger partial charge in [-0.15, -0.1) is 0 Å². The summed E-state index contributed by atoms with van der Waals surface area (Å²) in [6.07, 6.45) is -4.22. The van der Waals surface area contributed by atoms with Crippen molar-refractivity contribution in [3.05, 3.63) is 76.4 Å². The molecule has 2 aromatic carbocycles. The first-order valence-electron chi connectivity index (χ1n) is 9.39. The summed E-state index contributed by atoms with van der Waals surface area (Å²) in [6.45, 7) is -1.55. The molecule has 2 aromatic rings. The van der Waals surface area contributed by atoms with Crippen LogP contribution in [0.2, 0.25) is 0 Å². The normalized spacial score (nSPS) is 16.3. The predicted octanol–water partition coefficient (Wildman–Crippen LogP) is 2.56. The number of hydrogen-bond acceptors (Lipinski definition) is 6. The fraction of sp³-hybridized carbons (Fsp3) is 0.238. The first-order valence-corrected chi connectivity index (χ1v) is 9.39. The Balaban J connectivity index is 1.74. The van der Waals surface area contributed by atoms with Crippen LogP contribution in [0.25, 0.3) is 0 Å². The fourth-order valence-corrected chi connectivity index (χ4v) is 3.28. The molecule has 0 saturated heterocycles. The van der Waals surface area contributed by atoms with E-state index in [1.807, 2.05) is 0 Å². The Hall–Kier alpha value is -3.60. The van der Waals surface area contributed by atoms with Gasteiger partial charge in [-0.25, -0.2) is 9.82 Å². The molecule has 0 saturated carbocycles. The Kier molecular flexibility index (Phi) is 6.68. The van der Waals surface area contributed by atoms with E-state index in [1.54, 1.807) is 24.3 Å². The van der Waals surface area contributed by atoms with Crippen molar-refractivity contribution in [2.24, 2.45) is 5.73 Å². The molecule has 4 N–H and O–H groups in total. The number of amides is 1. The molecule has 0 aliphatic carbocycles. The van der Waals surface area contributed by atoms with Gasteiger partial charge in [0, 0.05) is 12.1 Å². The van der Waals surface area contributed by atoms with E-state index in [4.69, 9.17) is 10.5 Å². The van der Waals surface area contributed by atoms with Gasteiger partial charge in [0.2, 0.25) is 0 Å².